The zero-order valence-corrected chi connectivity index (χ0v) is 22.6. The molecule has 1 heterocycles. The number of benzene rings is 3. The monoisotopic (exact) mass is 586 g/mol. The fourth-order valence-electron chi connectivity index (χ4n) is 3.95. The second-order valence-electron chi connectivity index (χ2n) is 8.76. The second kappa shape index (κ2) is 13.5. The highest BCUT2D eigenvalue weighted by Crippen LogP contribution is 2.32. The summed E-state index contributed by atoms with van der Waals surface area (Å²) in [6, 6.07) is 24.6. The molecule has 39 heavy (non-hydrogen) atoms. The highest BCUT2D eigenvalue weighted by molar-refractivity contribution is 9.10. The summed E-state index contributed by atoms with van der Waals surface area (Å²) < 4.78 is 7.10. The number of anilines is 1. The quantitative estimate of drug-likeness (QED) is 0.180. The van der Waals surface area contributed by atoms with Crippen LogP contribution in [-0.4, -0.2) is 33.8 Å². The molecule has 4 rings (SSSR count). The highest BCUT2D eigenvalue weighted by Gasteiger charge is 2.17. The summed E-state index contributed by atoms with van der Waals surface area (Å²) in [6.07, 6.45) is 3.11. The smallest absolute Gasteiger partial charge is 0.323 e. The van der Waals surface area contributed by atoms with E-state index in [4.69, 9.17) is 10.00 Å². The fraction of sp³-hybridized carbons (Fsp3) is 0.167. The molecule has 0 bridgehead atoms. The van der Waals surface area contributed by atoms with Crippen molar-refractivity contribution in [2.45, 2.75) is 25.7 Å². The Morgan fingerprint density at radius 2 is 1.85 bits per heavy atom. The van der Waals surface area contributed by atoms with E-state index < -0.39 is 18.6 Å². The van der Waals surface area contributed by atoms with Gasteiger partial charge in [-0.15, -0.1) is 0 Å². The Hall–Kier alpha value is -4.23. The van der Waals surface area contributed by atoms with Gasteiger partial charge in [0, 0.05) is 52.8 Å². The minimum absolute atomic E-state index is 0.173. The molecule has 4 N–H and O–H groups in total. The Kier molecular flexibility index (Phi) is 9.64. The summed E-state index contributed by atoms with van der Waals surface area (Å²) >= 11 is 3.76. The summed E-state index contributed by atoms with van der Waals surface area (Å²) in [5.74, 6) is -0.602. The van der Waals surface area contributed by atoms with E-state index in [2.05, 4.69) is 61.9 Å². The van der Waals surface area contributed by atoms with E-state index in [0.29, 0.717) is 17.9 Å². The van der Waals surface area contributed by atoms with Crippen LogP contribution in [0, 0.1) is 11.3 Å². The van der Waals surface area contributed by atoms with Gasteiger partial charge in [0.05, 0.1) is 12.2 Å². The molecule has 1 aromatic heterocycles. The van der Waals surface area contributed by atoms with Crippen LogP contribution in [0.3, 0.4) is 0 Å². The third kappa shape index (κ3) is 7.42. The van der Waals surface area contributed by atoms with Crippen LogP contribution in [0.1, 0.15) is 22.3 Å². The maximum Gasteiger partial charge on any atom is 0.323 e. The average molecular weight is 587 g/mol. The van der Waals surface area contributed by atoms with Crippen molar-refractivity contribution in [3.8, 4) is 22.9 Å². The maximum atomic E-state index is 11.3. The first-order valence-corrected chi connectivity index (χ1v) is 13.0. The van der Waals surface area contributed by atoms with Gasteiger partial charge in [0.15, 0.2) is 0 Å². The number of aliphatic carboxylic acids is 1. The first-order valence-electron chi connectivity index (χ1n) is 12.2. The van der Waals surface area contributed by atoms with Crippen molar-refractivity contribution < 1.29 is 19.7 Å². The van der Waals surface area contributed by atoms with Gasteiger partial charge < -0.3 is 20.3 Å². The van der Waals surface area contributed by atoms with Crippen molar-refractivity contribution in [1.82, 2.24) is 10.3 Å². The molecule has 0 spiro atoms. The molecule has 0 saturated heterocycles. The normalized spacial score (nSPS) is 11.4. The van der Waals surface area contributed by atoms with Gasteiger partial charge in [0.25, 0.3) is 0 Å². The third-order valence-corrected chi connectivity index (χ3v) is 6.99. The minimum atomic E-state index is -1.14. The number of rotatable bonds is 12. The summed E-state index contributed by atoms with van der Waals surface area (Å²) in [7, 11) is 0. The molecule has 0 aliphatic carbocycles. The van der Waals surface area contributed by atoms with Crippen molar-refractivity contribution >= 4 is 27.6 Å². The van der Waals surface area contributed by atoms with Crippen molar-refractivity contribution in [1.29, 1.82) is 5.26 Å². The molecule has 8 nitrogen and oxygen atoms in total. The number of nitrogens with zero attached hydrogens (tertiary/aromatic N) is 2. The Morgan fingerprint density at radius 3 is 2.59 bits per heavy atom. The molecule has 0 aliphatic heterocycles. The fourth-order valence-corrected chi connectivity index (χ4v) is 4.58. The Morgan fingerprint density at radius 1 is 1.03 bits per heavy atom. The van der Waals surface area contributed by atoms with Gasteiger partial charge in [0.2, 0.25) is 0 Å². The lowest BCUT2D eigenvalue weighted by atomic mass is 10.0. The number of pyridine rings is 1. The SMILES string of the molecule is N#Cc1cncc(COc2cc(NCc3cccc(-c4ccccc4)c3Br)ccc2CN[C@H](CO)C(=O)O)c1. The highest BCUT2D eigenvalue weighted by atomic mass is 79.9. The van der Waals surface area contributed by atoms with Gasteiger partial charge in [-0.3, -0.25) is 15.1 Å². The van der Waals surface area contributed by atoms with E-state index in [9.17, 15) is 15.0 Å². The largest absolute Gasteiger partial charge is 0.488 e. The standard InChI is InChI=1S/C30H27BrN4O4/c31-29-24(7-4-8-26(29)22-5-2-1-3-6-22)17-34-25-10-9-23(16-35-27(18-36)30(37)38)28(12-25)39-19-21-11-20(13-32)14-33-15-21/h1-12,14-15,27,34-36H,16-19H2,(H,37,38)/t27-/m1/s1. The number of aromatic nitrogens is 1. The Balaban J connectivity index is 1.53. The van der Waals surface area contributed by atoms with E-state index >= 15 is 0 Å². The van der Waals surface area contributed by atoms with E-state index in [0.717, 1.165) is 38.0 Å². The molecular weight excluding hydrogens is 560 g/mol. The molecule has 0 unspecified atom stereocenters. The molecule has 0 saturated carbocycles. The van der Waals surface area contributed by atoms with Gasteiger partial charge in [-0.05, 0) is 44.8 Å². The molecular formula is C30H27BrN4O4. The van der Waals surface area contributed by atoms with E-state index in [1.165, 1.54) is 6.20 Å². The van der Waals surface area contributed by atoms with Crippen LogP contribution in [0.4, 0.5) is 5.69 Å². The van der Waals surface area contributed by atoms with Crippen LogP contribution in [0.25, 0.3) is 11.1 Å². The molecule has 0 radical (unpaired) electrons. The van der Waals surface area contributed by atoms with Crippen molar-refractivity contribution in [3.63, 3.8) is 0 Å². The zero-order chi connectivity index (χ0) is 27.6. The third-order valence-electron chi connectivity index (χ3n) is 6.05. The lowest BCUT2D eigenvalue weighted by molar-refractivity contribution is -0.140. The number of hydrogen-bond acceptors (Lipinski definition) is 7. The number of carboxylic acids is 1. The zero-order valence-electron chi connectivity index (χ0n) is 21.0. The van der Waals surface area contributed by atoms with Crippen molar-refractivity contribution in [2.75, 3.05) is 11.9 Å². The minimum Gasteiger partial charge on any atom is -0.488 e. The van der Waals surface area contributed by atoms with Gasteiger partial charge >= 0.3 is 5.97 Å². The number of carbonyl (C=O) groups is 1. The maximum absolute atomic E-state index is 11.3. The average Bonchev–Trinajstić information content (AvgIpc) is 2.97. The molecule has 3 aromatic carbocycles. The summed E-state index contributed by atoms with van der Waals surface area (Å²) in [4.78, 5) is 15.4. The number of ether oxygens (including phenoxy) is 1. The van der Waals surface area contributed by atoms with Crippen molar-refractivity contribution in [2.24, 2.45) is 0 Å². The molecule has 0 fully saturated rings. The Labute approximate surface area is 235 Å². The number of hydrogen-bond donors (Lipinski definition) is 4. The lowest BCUT2D eigenvalue weighted by Gasteiger charge is -2.17. The molecule has 0 amide bonds. The Bertz CT molecular complexity index is 1470. The topological polar surface area (TPSA) is 128 Å². The predicted molar refractivity (Wildman–Crippen MR) is 152 cm³/mol. The molecule has 198 valence electrons. The number of nitriles is 1. The van der Waals surface area contributed by atoms with Crippen molar-refractivity contribution in [3.05, 3.63) is 112 Å². The van der Waals surface area contributed by atoms with E-state index in [1.807, 2.05) is 42.5 Å². The second-order valence-corrected chi connectivity index (χ2v) is 9.55. The van der Waals surface area contributed by atoms with Gasteiger partial charge in [-0.25, -0.2) is 0 Å². The first-order chi connectivity index (χ1) is 19.0. The van der Waals surface area contributed by atoms with Crippen LogP contribution in [0.15, 0.2) is 89.7 Å². The molecule has 0 aliphatic rings. The van der Waals surface area contributed by atoms with Gasteiger partial charge in [-0.1, -0.05) is 54.6 Å². The summed E-state index contributed by atoms with van der Waals surface area (Å²) in [6.45, 7) is 0.368. The van der Waals surface area contributed by atoms with Crippen LogP contribution < -0.4 is 15.4 Å². The van der Waals surface area contributed by atoms with Crippen LogP contribution in [0.2, 0.25) is 0 Å². The summed E-state index contributed by atoms with van der Waals surface area (Å²) in [5, 5.41) is 34.0. The van der Waals surface area contributed by atoms with E-state index in [-0.39, 0.29) is 13.2 Å². The molecule has 1 atom stereocenters. The predicted octanol–water partition coefficient (Wildman–Crippen LogP) is 5.11. The number of aliphatic hydroxyl groups excluding tert-OH is 1. The molecule has 4 aromatic rings. The number of aliphatic hydroxyl groups is 1. The van der Waals surface area contributed by atoms with Crippen LogP contribution in [0.5, 0.6) is 5.75 Å². The van der Waals surface area contributed by atoms with Gasteiger partial charge in [-0.2, -0.15) is 5.26 Å². The van der Waals surface area contributed by atoms with Gasteiger partial charge in [0.1, 0.15) is 24.5 Å². The number of halogens is 1. The first kappa shape index (κ1) is 27.8. The number of carboxylic acid groups (broad SMARTS) is 1. The summed E-state index contributed by atoms with van der Waals surface area (Å²) in [5.41, 5.74) is 6.00. The number of nitrogens with one attached hydrogen (secondary N) is 2. The van der Waals surface area contributed by atoms with Crippen LogP contribution in [-0.2, 0) is 24.5 Å². The van der Waals surface area contributed by atoms with E-state index in [1.54, 1.807) is 12.3 Å². The molecule has 9 heteroatoms. The van der Waals surface area contributed by atoms with Crippen LogP contribution >= 0.6 is 15.9 Å². The lowest BCUT2D eigenvalue weighted by Crippen LogP contribution is -2.39.